The van der Waals surface area contributed by atoms with Gasteiger partial charge in [0, 0.05) is 4.91 Å². The Bertz CT molecular complexity index is 240. The molecule has 0 radical (unpaired) electrons. The van der Waals surface area contributed by atoms with Gasteiger partial charge >= 0.3 is 6.09 Å². The summed E-state index contributed by atoms with van der Waals surface area (Å²) in [6.07, 6.45) is -0.204. The maximum atomic E-state index is 10.7. The maximum absolute atomic E-state index is 10.7. The molecule has 2 N–H and O–H groups in total. The third kappa shape index (κ3) is 5.92. The van der Waals surface area contributed by atoms with Crippen LogP contribution in [0.2, 0.25) is 0 Å². The summed E-state index contributed by atoms with van der Waals surface area (Å²) >= 11 is 0.763. The molecule has 0 aromatic rings. The molecule has 72 valence electrons. The summed E-state index contributed by atoms with van der Waals surface area (Å²) in [5, 5.41) is 9.09. The van der Waals surface area contributed by atoms with Crippen molar-refractivity contribution in [3.63, 3.8) is 0 Å². The van der Waals surface area contributed by atoms with Crippen LogP contribution in [-0.2, 0) is 9.53 Å². The van der Waals surface area contributed by atoms with Gasteiger partial charge in [-0.15, -0.1) is 0 Å². The van der Waals surface area contributed by atoms with Crippen LogP contribution in [0, 0.1) is 5.41 Å². The van der Waals surface area contributed by atoms with Crippen LogP contribution < -0.4 is 5.32 Å². The number of hydrogen-bond donors (Lipinski definition) is 2. The van der Waals surface area contributed by atoms with Crippen molar-refractivity contribution in [2.24, 2.45) is 0 Å². The molecule has 0 atom stereocenters. The number of allylic oxidation sites excluding steroid dienone is 1. The molecule has 0 aliphatic heterocycles. The minimum atomic E-state index is -0.710. The lowest BCUT2D eigenvalue weighted by molar-refractivity contribution is -0.104. The van der Waals surface area contributed by atoms with Crippen LogP contribution in [-0.4, -0.2) is 24.2 Å². The summed E-state index contributed by atoms with van der Waals surface area (Å²) in [6, 6.07) is 0. The van der Waals surface area contributed by atoms with E-state index in [9.17, 15) is 9.59 Å². The van der Waals surface area contributed by atoms with E-state index in [2.05, 4.69) is 16.6 Å². The molecule has 13 heavy (non-hydrogen) atoms. The van der Waals surface area contributed by atoms with E-state index >= 15 is 0 Å². The smallest absolute Gasteiger partial charge is 0.413 e. The highest BCUT2D eigenvalue weighted by molar-refractivity contribution is 8.17. The van der Waals surface area contributed by atoms with E-state index < -0.39 is 6.09 Å². The molecular weight excluding hydrogens is 192 g/mol. The van der Waals surface area contributed by atoms with Gasteiger partial charge in [-0.05, 0) is 18.7 Å². The predicted molar refractivity (Wildman–Crippen MR) is 50.7 cm³/mol. The topological polar surface area (TPSA) is 79.3 Å². The Morgan fingerprint density at radius 3 is 2.85 bits per heavy atom. The van der Waals surface area contributed by atoms with Gasteiger partial charge in [0.05, 0.1) is 6.61 Å². The Kier molecular flexibility index (Phi) is 5.62. The Hall–Kier alpha value is -1.30. The van der Waals surface area contributed by atoms with Gasteiger partial charge in [0.1, 0.15) is 0 Å². The van der Waals surface area contributed by atoms with Crippen LogP contribution >= 0.6 is 11.8 Å². The molecule has 0 spiro atoms. The number of ether oxygens (including phenoxy) is 1. The zero-order valence-electron chi connectivity index (χ0n) is 7.12. The Balaban J connectivity index is 3.80. The van der Waals surface area contributed by atoms with Crippen molar-refractivity contribution in [3.05, 3.63) is 11.5 Å². The molecule has 0 saturated heterocycles. The van der Waals surface area contributed by atoms with Gasteiger partial charge in [-0.1, -0.05) is 6.58 Å². The molecule has 5 nitrogen and oxygen atoms in total. The molecule has 0 aromatic carbocycles. The Morgan fingerprint density at radius 1 is 1.77 bits per heavy atom. The van der Waals surface area contributed by atoms with E-state index in [4.69, 9.17) is 5.41 Å². The molecule has 0 heterocycles. The first kappa shape index (κ1) is 11.7. The third-order valence-corrected chi connectivity index (χ3v) is 1.52. The summed E-state index contributed by atoms with van der Waals surface area (Å²) in [6.45, 7) is 5.22. The number of amides is 1. The summed E-state index contributed by atoms with van der Waals surface area (Å²) in [4.78, 5) is 21.0. The van der Waals surface area contributed by atoms with Gasteiger partial charge in [-0.2, -0.15) is 0 Å². The Morgan fingerprint density at radius 2 is 2.38 bits per heavy atom. The zero-order chi connectivity index (χ0) is 10.3. The van der Waals surface area contributed by atoms with Gasteiger partial charge in [0.2, 0.25) is 0 Å². The van der Waals surface area contributed by atoms with Crippen LogP contribution in [0.15, 0.2) is 11.5 Å². The molecule has 6 heteroatoms. The first-order valence-electron chi connectivity index (χ1n) is 3.44. The van der Waals surface area contributed by atoms with Gasteiger partial charge in [-0.3, -0.25) is 15.5 Å². The van der Waals surface area contributed by atoms with E-state index in [-0.39, 0.29) is 16.7 Å². The van der Waals surface area contributed by atoms with Gasteiger partial charge < -0.3 is 4.74 Å². The first-order chi connectivity index (χ1) is 6.10. The predicted octanol–water partition coefficient (Wildman–Crippen LogP) is 1.11. The van der Waals surface area contributed by atoms with Crippen molar-refractivity contribution in [2.45, 2.75) is 6.92 Å². The number of nitrogens with one attached hydrogen (secondary N) is 2. The van der Waals surface area contributed by atoms with Crippen molar-refractivity contribution in [1.82, 2.24) is 5.32 Å². The van der Waals surface area contributed by atoms with Gasteiger partial charge in [-0.25, -0.2) is 4.79 Å². The van der Waals surface area contributed by atoms with E-state index in [0.29, 0.717) is 6.29 Å². The maximum Gasteiger partial charge on any atom is 0.413 e. The van der Waals surface area contributed by atoms with E-state index in [1.165, 1.54) is 0 Å². The SMILES string of the molecule is C=C(C=O)SC(=N)NC(=O)OCC. The number of carbonyl (C=O) groups excluding carboxylic acids is 2. The number of rotatable bonds is 3. The minimum Gasteiger partial charge on any atom is -0.450 e. The number of alkyl carbamates (subject to hydrolysis) is 1. The number of hydrogen-bond acceptors (Lipinski definition) is 5. The number of aldehydes is 1. The minimum absolute atomic E-state index is 0.154. The van der Waals surface area contributed by atoms with Crippen molar-refractivity contribution < 1.29 is 14.3 Å². The van der Waals surface area contributed by atoms with E-state index in [1.807, 2.05) is 0 Å². The average molecular weight is 202 g/mol. The molecule has 0 rings (SSSR count). The molecule has 0 aliphatic rings. The number of amidine groups is 1. The highest BCUT2D eigenvalue weighted by atomic mass is 32.2. The zero-order valence-corrected chi connectivity index (χ0v) is 7.94. The molecular formula is C7H10N2O3S. The molecule has 0 saturated carbocycles. The quantitative estimate of drug-likeness (QED) is 0.311. The second-order valence-electron chi connectivity index (χ2n) is 1.86. The molecule has 0 aliphatic carbocycles. The van der Waals surface area contributed by atoms with Crippen LogP contribution in [0.25, 0.3) is 0 Å². The van der Waals surface area contributed by atoms with Crippen molar-refractivity contribution in [3.8, 4) is 0 Å². The number of carbonyl (C=O) groups is 2. The van der Waals surface area contributed by atoms with Crippen molar-refractivity contribution in [1.29, 1.82) is 5.41 Å². The molecule has 0 aromatic heterocycles. The van der Waals surface area contributed by atoms with E-state index in [0.717, 1.165) is 11.8 Å². The van der Waals surface area contributed by atoms with Crippen LogP contribution in [0.1, 0.15) is 6.92 Å². The molecule has 1 amide bonds. The lowest BCUT2D eigenvalue weighted by atomic mass is 10.7. The first-order valence-corrected chi connectivity index (χ1v) is 4.26. The summed E-state index contributed by atoms with van der Waals surface area (Å²) in [5.41, 5.74) is 0. The standard InChI is InChI=1S/C7H10N2O3S/c1-3-12-7(11)9-6(8)13-5(2)4-10/h4H,2-3H2,1H3,(H2,8,9,11). The summed E-state index contributed by atoms with van der Waals surface area (Å²) in [5.74, 6) is 0. The average Bonchev–Trinajstić information content (AvgIpc) is 2.04. The van der Waals surface area contributed by atoms with Crippen LogP contribution in [0.4, 0.5) is 4.79 Å². The van der Waals surface area contributed by atoms with Gasteiger partial charge in [0.25, 0.3) is 0 Å². The number of thioether (sulfide) groups is 1. The molecule has 0 unspecified atom stereocenters. The van der Waals surface area contributed by atoms with Crippen molar-refractivity contribution >= 4 is 29.3 Å². The summed E-state index contributed by atoms with van der Waals surface area (Å²) < 4.78 is 4.51. The normalized spacial score (nSPS) is 8.69. The molecule has 0 bridgehead atoms. The monoisotopic (exact) mass is 202 g/mol. The highest BCUT2D eigenvalue weighted by Gasteiger charge is 2.05. The lowest BCUT2D eigenvalue weighted by Gasteiger charge is -2.04. The highest BCUT2D eigenvalue weighted by Crippen LogP contribution is 2.09. The lowest BCUT2D eigenvalue weighted by Crippen LogP contribution is -2.28. The van der Waals surface area contributed by atoms with E-state index in [1.54, 1.807) is 6.92 Å². The molecule has 0 fully saturated rings. The summed E-state index contributed by atoms with van der Waals surface area (Å²) in [7, 11) is 0. The van der Waals surface area contributed by atoms with Crippen LogP contribution in [0.3, 0.4) is 0 Å². The van der Waals surface area contributed by atoms with Gasteiger partial charge in [0.15, 0.2) is 11.5 Å². The van der Waals surface area contributed by atoms with Crippen LogP contribution in [0.5, 0.6) is 0 Å². The largest absolute Gasteiger partial charge is 0.450 e. The fourth-order valence-corrected chi connectivity index (χ4v) is 0.885. The fourth-order valence-electron chi connectivity index (χ4n) is 0.441. The fraction of sp³-hybridized carbons (Fsp3) is 0.286. The van der Waals surface area contributed by atoms with Crippen molar-refractivity contribution in [2.75, 3.05) is 6.61 Å². The Labute approximate surface area is 80.0 Å². The third-order valence-electron chi connectivity index (χ3n) is 0.856. The second-order valence-corrected chi connectivity index (χ2v) is 3.00. The second kappa shape index (κ2) is 6.24.